The highest BCUT2D eigenvalue weighted by atomic mass is 16.2. The predicted molar refractivity (Wildman–Crippen MR) is 122 cm³/mol. The Morgan fingerprint density at radius 2 is 2.06 bits per heavy atom. The molecular weight excluding hydrogens is 392 g/mol. The molecule has 2 atom stereocenters. The third kappa shape index (κ3) is 3.60. The Morgan fingerprint density at radius 3 is 2.65 bits per heavy atom. The van der Waals surface area contributed by atoms with Crippen LogP contribution < -0.4 is 11.4 Å². The van der Waals surface area contributed by atoms with Gasteiger partial charge in [-0.25, -0.2) is 9.78 Å². The van der Waals surface area contributed by atoms with Gasteiger partial charge in [0.1, 0.15) is 0 Å². The maximum Gasteiger partial charge on any atom is 0.330 e. The standard InChI is InChI=1S/C23H30N6O2/c1-23(2,3)13-29-19-8-7-18(26-20(19)27(4)22(29)31)17-9-16-6-5-14(17)12-28(16)21(30)15(10-24)11-25/h7-11,14,16,24H,5-6,12-13,25H2,1-4H3/b15-11+,24-10?. The van der Waals surface area contributed by atoms with Crippen LogP contribution in [0.4, 0.5) is 0 Å². The average Bonchev–Trinajstić information content (AvgIpc) is 2.98. The van der Waals surface area contributed by atoms with E-state index in [2.05, 4.69) is 26.8 Å². The third-order valence-corrected chi connectivity index (χ3v) is 6.19. The topological polar surface area (TPSA) is 110 Å². The molecule has 1 aliphatic carbocycles. The highest BCUT2D eigenvalue weighted by Gasteiger charge is 2.38. The molecule has 4 heterocycles. The second-order valence-electron chi connectivity index (χ2n) is 9.72. The van der Waals surface area contributed by atoms with Crippen LogP contribution in [0.2, 0.25) is 0 Å². The fourth-order valence-electron chi connectivity index (χ4n) is 4.70. The molecule has 8 heteroatoms. The van der Waals surface area contributed by atoms with E-state index >= 15 is 0 Å². The Morgan fingerprint density at radius 1 is 1.32 bits per heavy atom. The van der Waals surface area contributed by atoms with Crippen LogP contribution in [-0.4, -0.2) is 43.7 Å². The minimum absolute atomic E-state index is 0.0227. The number of piperidine rings is 1. The molecule has 0 saturated carbocycles. The van der Waals surface area contributed by atoms with E-state index in [1.807, 2.05) is 12.1 Å². The van der Waals surface area contributed by atoms with Crippen molar-refractivity contribution in [2.45, 2.75) is 46.2 Å². The third-order valence-electron chi connectivity index (χ3n) is 6.19. The molecule has 2 aromatic rings. The number of imidazole rings is 1. The fourth-order valence-corrected chi connectivity index (χ4v) is 4.70. The van der Waals surface area contributed by atoms with E-state index < -0.39 is 0 Å². The van der Waals surface area contributed by atoms with Gasteiger partial charge in [-0.05, 0) is 36.0 Å². The van der Waals surface area contributed by atoms with E-state index in [0.29, 0.717) is 18.7 Å². The molecule has 0 aromatic carbocycles. The van der Waals surface area contributed by atoms with Crippen molar-refractivity contribution in [3.8, 4) is 0 Å². The lowest BCUT2D eigenvalue weighted by molar-refractivity contribution is -0.130. The lowest BCUT2D eigenvalue weighted by Crippen LogP contribution is -2.50. The van der Waals surface area contributed by atoms with Gasteiger partial charge in [0, 0.05) is 38.5 Å². The van der Waals surface area contributed by atoms with Crippen LogP contribution in [0.15, 0.2) is 34.8 Å². The summed E-state index contributed by atoms with van der Waals surface area (Å²) in [5.74, 6) is -0.0232. The lowest BCUT2D eigenvalue weighted by Gasteiger charge is -2.44. The van der Waals surface area contributed by atoms with Crippen LogP contribution >= 0.6 is 0 Å². The maximum atomic E-state index is 12.8. The Bertz CT molecular complexity index is 1180. The fraction of sp³-hybridized carbons (Fsp3) is 0.478. The second-order valence-corrected chi connectivity index (χ2v) is 9.72. The predicted octanol–water partition coefficient (Wildman–Crippen LogP) is 2.28. The van der Waals surface area contributed by atoms with Gasteiger partial charge in [0.2, 0.25) is 0 Å². The van der Waals surface area contributed by atoms with Gasteiger partial charge in [0.25, 0.3) is 5.91 Å². The summed E-state index contributed by atoms with van der Waals surface area (Å²) in [6, 6.07) is 3.94. The number of fused-ring (bicyclic) bond motifs is 3. The molecule has 31 heavy (non-hydrogen) atoms. The number of hydrogen-bond donors (Lipinski definition) is 2. The van der Waals surface area contributed by atoms with Crippen molar-refractivity contribution in [1.29, 1.82) is 5.41 Å². The van der Waals surface area contributed by atoms with Gasteiger partial charge in [0.15, 0.2) is 5.65 Å². The number of carbonyl (C=O) groups is 1. The zero-order valence-electron chi connectivity index (χ0n) is 18.6. The van der Waals surface area contributed by atoms with Crippen LogP contribution in [0.1, 0.15) is 39.3 Å². The normalized spacial score (nSPS) is 21.5. The molecule has 8 nitrogen and oxygen atoms in total. The van der Waals surface area contributed by atoms with Crippen molar-refractivity contribution in [1.82, 2.24) is 19.0 Å². The van der Waals surface area contributed by atoms with Gasteiger partial charge in [-0.2, -0.15) is 0 Å². The van der Waals surface area contributed by atoms with Crippen LogP contribution in [0.25, 0.3) is 16.7 Å². The monoisotopic (exact) mass is 422 g/mol. The summed E-state index contributed by atoms with van der Waals surface area (Å²) in [5, 5.41) is 7.41. The van der Waals surface area contributed by atoms with E-state index in [-0.39, 0.29) is 34.5 Å². The number of aryl methyl sites for hydroxylation is 1. The van der Waals surface area contributed by atoms with E-state index in [1.54, 1.807) is 21.1 Å². The Labute approximate surface area is 181 Å². The molecule has 1 fully saturated rings. The number of hydrogen-bond acceptors (Lipinski definition) is 5. The van der Waals surface area contributed by atoms with Crippen LogP contribution in [0, 0.1) is 16.7 Å². The minimum atomic E-state index is -0.201. The van der Waals surface area contributed by atoms with E-state index in [1.165, 1.54) is 6.20 Å². The molecular formula is C23H30N6O2. The van der Waals surface area contributed by atoms with E-state index in [4.69, 9.17) is 16.1 Å². The first-order chi connectivity index (χ1) is 14.6. The highest BCUT2D eigenvalue weighted by molar-refractivity contribution is 6.11. The number of nitrogens with zero attached hydrogens (tertiary/aromatic N) is 4. The van der Waals surface area contributed by atoms with E-state index in [9.17, 15) is 9.59 Å². The minimum Gasteiger partial charge on any atom is -0.404 e. The molecule has 2 bridgehead atoms. The Kier molecular flexibility index (Phi) is 5.11. The number of nitrogens with one attached hydrogen (secondary N) is 1. The number of pyridine rings is 1. The number of aromatic nitrogens is 3. The molecule has 2 aliphatic heterocycles. The number of carbonyl (C=O) groups excluding carboxylic acids is 1. The average molecular weight is 423 g/mol. The Balaban J connectivity index is 1.71. The van der Waals surface area contributed by atoms with Gasteiger partial charge in [0.05, 0.1) is 22.8 Å². The largest absolute Gasteiger partial charge is 0.404 e. The second kappa shape index (κ2) is 7.51. The van der Waals surface area contributed by atoms with Crippen molar-refractivity contribution in [3.05, 3.63) is 46.2 Å². The van der Waals surface area contributed by atoms with Crippen molar-refractivity contribution < 1.29 is 4.79 Å². The molecule has 1 amide bonds. The van der Waals surface area contributed by atoms with E-state index in [0.717, 1.165) is 35.8 Å². The zero-order chi connectivity index (χ0) is 22.5. The smallest absolute Gasteiger partial charge is 0.330 e. The van der Waals surface area contributed by atoms with Gasteiger partial charge in [-0.1, -0.05) is 26.8 Å². The lowest BCUT2D eigenvalue weighted by atomic mass is 9.78. The van der Waals surface area contributed by atoms with Crippen molar-refractivity contribution >= 4 is 28.9 Å². The summed E-state index contributed by atoms with van der Waals surface area (Å²) >= 11 is 0. The van der Waals surface area contributed by atoms with Gasteiger partial charge in [-0.3, -0.25) is 13.9 Å². The first-order valence-corrected chi connectivity index (χ1v) is 10.7. The quantitative estimate of drug-likeness (QED) is 0.582. The van der Waals surface area contributed by atoms with Crippen molar-refractivity contribution in [3.63, 3.8) is 0 Å². The number of nitrogens with two attached hydrogens (primary N) is 1. The first-order valence-electron chi connectivity index (χ1n) is 10.7. The molecule has 3 N–H and O–H groups in total. The van der Waals surface area contributed by atoms with Gasteiger partial charge in [-0.15, -0.1) is 0 Å². The summed E-state index contributed by atoms with van der Waals surface area (Å²) in [6.45, 7) is 7.55. The number of amides is 1. The zero-order valence-corrected chi connectivity index (χ0v) is 18.6. The Hall–Kier alpha value is -3.16. The number of rotatable bonds is 4. The summed E-state index contributed by atoms with van der Waals surface area (Å²) in [6.07, 6.45) is 6.19. The molecule has 3 aliphatic rings. The molecule has 1 saturated heterocycles. The summed E-state index contributed by atoms with van der Waals surface area (Å²) in [7, 11) is 1.76. The molecule has 164 valence electrons. The maximum absolute atomic E-state index is 12.8. The highest BCUT2D eigenvalue weighted by Crippen LogP contribution is 2.40. The van der Waals surface area contributed by atoms with Crippen LogP contribution in [0.5, 0.6) is 0 Å². The molecule has 2 unspecified atom stereocenters. The molecule has 5 rings (SSSR count). The SMILES string of the molecule is Cn1c(=O)n(CC(C)(C)C)c2ccc(C3=CC4CCC3CN4C(=O)/C(C=N)=C/N)nc21. The molecule has 0 radical (unpaired) electrons. The summed E-state index contributed by atoms with van der Waals surface area (Å²) in [5.41, 5.74) is 9.15. The summed E-state index contributed by atoms with van der Waals surface area (Å²) in [4.78, 5) is 32.2. The summed E-state index contributed by atoms with van der Waals surface area (Å²) < 4.78 is 3.41. The molecule has 2 aromatic heterocycles. The van der Waals surface area contributed by atoms with Crippen molar-refractivity contribution in [2.24, 2.45) is 24.1 Å². The molecule has 0 spiro atoms. The van der Waals surface area contributed by atoms with Gasteiger partial charge >= 0.3 is 5.69 Å². The first kappa shape index (κ1) is 21.1. The van der Waals surface area contributed by atoms with Crippen molar-refractivity contribution in [2.75, 3.05) is 6.54 Å². The van der Waals surface area contributed by atoms with Crippen LogP contribution in [0.3, 0.4) is 0 Å². The van der Waals surface area contributed by atoms with Gasteiger partial charge < -0.3 is 16.0 Å². The van der Waals surface area contributed by atoms with Crippen LogP contribution in [-0.2, 0) is 18.4 Å².